The van der Waals surface area contributed by atoms with Crippen LogP contribution in [0.2, 0.25) is 0 Å². The van der Waals surface area contributed by atoms with E-state index in [-0.39, 0.29) is 13.0 Å². The number of unbranched alkanes of at least 4 members (excludes halogenated alkanes) is 1. The van der Waals surface area contributed by atoms with E-state index in [2.05, 4.69) is 27.8 Å². The van der Waals surface area contributed by atoms with E-state index in [0.29, 0.717) is 10.7 Å². The Balaban J connectivity index is 1.75. The maximum atomic E-state index is 13.4. The Labute approximate surface area is 137 Å². The number of aryl methyl sites for hydroxylation is 1. The summed E-state index contributed by atoms with van der Waals surface area (Å²) in [5.74, 6) is -1.23. The molecule has 1 heterocycles. The second-order valence-corrected chi connectivity index (χ2v) is 6.03. The van der Waals surface area contributed by atoms with Gasteiger partial charge in [-0.15, -0.1) is 10.2 Å². The number of carbonyl (C=O) groups is 1. The first-order valence-corrected chi connectivity index (χ1v) is 8.21. The third-order valence-electron chi connectivity index (χ3n) is 3.13. The number of hydrogen-bond donors (Lipinski definition) is 2. The number of hydrogen-bond acceptors (Lipinski definition) is 4. The molecule has 0 atom stereocenters. The summed E-state index contributed by atoms with van der Waals surface area (Å²) < 4.78 is 26.2. The van der Waals surface area contributed by atoms with E-state index in [9.17, 15) is 13.6 Å². The van der Waals surface area contributed by atoms with Gasteiger partial charge in [-0.2, -0.15) is 0 Å². The average molecular weight is 340 g/mol. The summed E-state index contributed by atoms with van der Waals surface area (Å²) in [6, 6.07) is 2.96. The molecule has 0 unspecified atom stereocenters. The first-order chi connectivity index (χ1) is 11.1. The third-order valence-corrected chi connectivity index (χ3v) is 4.02. The Morgan fingerprint density at radius 3 is 2.83 bits per heavy atom. The highest BCUT2D eigenvalue weighted by Gasteiger charge is 2.08. The number of anilines is 1. The van der Waals surface area contributed by atoms with Crippen LogP contribution in [0.4, 0.5) is 18.7 Å². The van der Waals surface area contributed by atoms with E-state index in [1.165, 1.54) is 23.5 Å². The van der Waals surface area contributed by atoms with E-state index in [4.69, 9.17) is 0 Å². The van der Waals surface area contributed by atoms with Crippen LogP contribution in [-0.4, -0.2) is 22.8 Å². The van der Waals surface area contributed by atoms with Crippen LogP contribution in [0.5, 0.6) is 0 Å². The molecule has 5 nitrogen and oxygen atoms in total. The van der Waals surface area contributed by atoms with Crippen LogP contribution in [0.3, 0.4) is 0 Å². The lowest BCUT2D eigenvalue weighted by Gasteiger charge is -2.06. The smallest absolute Gasteiger partial charge is 0.321 e. The van der Waals surface area contributed by atoms with Crippen molar-refractivity contribution < 1.29 is 13.6 Å². The molecule has 2 amide bonds. The van der Waals surface area contributed by atoms with Gasteiger partial charge in [-0.3, -0.25) is 5.32 Å². The second-order valence-electron chi connectivity index (χ2n) is 4.97. The van der Waals surface area contributed by atoms with Gasteiger partial charge in [-0.1, -0.05) is 30.7 Å². The lowest BCUT2D eigenvalue weighted by molar-refractivity contribution is 0.252. The van der Waals surface area contributed by atoms with Crippen LogP contribution in [0, 0.1) is 11.6 Å². The van der Waals surface area contributed by atoms with E-state index < -0.39 is 17.7 Å². The summed E-state index contributed by atoms with van der Waals surface area (Å²) in [4.78, 5) is 11.7. The first-order valence-electron chi connectivity index (χ1n) is 7.39. The van der Waals surface area contributed by atoms with Gasteiger partial charge in [-0.05, 0) is 24.5 Å². The predicted molar refractivity (Wildman–Crippen MR) is 85.6 cm³/mol. The molecule has 0 saturated carbocycles. The number of amides is 2. The number of aromatic nitrogens is 2. The van der Waals surface area contributed by atoms with Gasteiger partial charge in [0.05, 0.1) is 0 Å². The molecule has 2 N–H and O–H groups in total. The number of carbonyl (C=O) groups excluding carboxylic acids is 1. The molecule has 1 aromatic heterocycles. The molecule has 0 aliphatic rings. The average Bonchev–Trinajstić information content (AvgIpc) is 2.94. The summed E-state index contributed by atoms with van der Waals surface area (Å²) >= 11 is 1.34. The summed E-state index contributed by atoms with van der Waals surface area (Å²) in [5.41, 5.74) is 0.351. The summed E-state index contributed by atoms with van der Waals surface area (Å²) in [5, 5.41) is 14.4. The normalized spacial score (nSPS) is 10.6. The SMILES string of the molecule is CCCCc1nnc(NC(=O)NCCc2ccc(F)cc2F)s1. The molecular weight excluding hydrogens is 322 g/mol. The van der Waals surface area contributed by atoms with E-state index in [1.54, 1.807) is 0 Å². The highest BCUT2D eigenvalue weighted by atomic mass is 32.1. The molecule has 0 saturated heterocycles. The highest BCUT2D eigenvalue weighted by Crippen LogP contribution is 2.16. The van der Waals surface area contributed by atoms with Crippen molar-refractivity contribution in [1.29, 1.82) is 0 Å². The van der Waals surface area contributed by atoms with Crippen molar-refractivity contribution in [3.8, 4) is 0 Å². The molecule has 0 radical (unpaired) electrons. The zero-order valence-electron chi connectivity index (χ0n) is 12.7. The molecule has 0 aliphatic heterocycles. The number of rotatable bonds is 7. The van der Waals surface area contributed by atoms with Crippen molar-refractivity contribution in [3.05, 3.63) is 40.4 Å². The van der Waals surface area contributed by atoms with Crippen LogP contribution in [0.1, 0.15) is 30.3 Å². The topological polar surface area (TPSA) is 66.9 Å². The Morgan fingerprint density at radius 1 is 1.26 bits per heavy atom. The molecule has 0 spiro atoms. The minimum Gasteiger partial charge on any atom is -0.337 e. The zero-order valence-corrected chi connectivity index (χ0v) is 13.6. The van der Waals surface area contributed by atoms with Gasteiger partial charge in [0.15, 0.2) is 0 Å². The van der Waals surface area contributed by atoms with Crippen molar-refractivity contribution in [2.24, 2.45) is 0 Å². The molecular formula is C15H18F2N4OS. The Kier molecular flexibility index (Phi) is 6.40. The van der Waals surface area contributed by atoms with Gasteiger partial charge >= 0.3 is 6.03 Å². The van der Waals surface area contributed by atoms with Crippen LogP contribution in [0.15, 0.2) is 18.2 Å². The van der Waals surface area contributed by atoms with Gasteiger partial charge < -0.3 is 5.32 Å². The van der Waals surface area contributed by atoms with Crippen molar-refractivity contribution in [2.75, 3.05) is 11.9 Å². The fourth-order valence-electron chi connectivity index (χ4n) is 1.91. The van der Waals surface area contributed by atoms with Crippen molar-refractivity contribution in [2.45, 2.75) is 32.6 Å². The van der Waals surface area contributed by atoms with Crippen molar-refractivity contribution >= 4 is 22.5 Å². The monoisotopic (exact) mass is 340 g/mol. The largest absolute Gasteiger partial charge is 0.337 e. The minimum absolute atomic E-state index is 0.232. The molecule has 8 heteroatoms. The summed E-state index contributed by atoms with van der Waals surface area (Å²) in [7, 11) is 0. The molecule has 0 fully saturated rings. The van der Waals surface area contributed by atoms with E-state index >= 15 is 0 Å². The molecule has 124 valence electrons. The number of nitrogens with one attached hydrogen (secondary N) is 2. The Hall–Kier alpha value is -2.09. The number of urea groups is 1. The van der Waals surface area contributed by atoms with Crippen molar-refractivity contribution in [3.63, 3.8) is 0 Å². The highest BCUT2D eigenvalue weighted by molar-refractivity contribution is 7.15. The zero-order chi connectivity index (χ0) is 16.7. The van der Waals surface area contributed by atoms with E-state index in [1.807, 2.05) is 0 Å². The molecule has 23 heavy (non-hydrogen) atoms. The maximum Gasteiger partial charge on any atom is 0.321 e. The van der Waals surface area contributed by atoms with E-state index in [0.717, 1.165) is 30.3 Å². The quantitative estimate of drug-likeness (QED) is 0.810. The fourth-order valence-corrected chi connectivity index (χ4v) is 2.69. The maximum absolute atomic E-state index is 13.4. The van der Waals surface area contributed by atoms with Gasteiger partial charge in [0.2, 0.25) is 5.13 Å². The third kappa shape index (κ3) is 5.55. The number of nitrogens with zero attached hydrogens (tertiary/aromatic N) is 2. The lowest BCUT2D eigenvalue weighted by atomic mass is 10.1. The molecule has 2 aromatic rings. The fraction of sp³-hybridized carbons (Fsp3) is 0.400. The second kappa shape index (κ2) is 8.52. The van der Waals surface area contributed by atoms with Gasteiger partial charge in [0, 0.05) is 19.0 Å². The van der Waals surface area contributed by atoms with Crippen molar-refractivity contribution in [1.82, 2.24) is 15.5 Å². The van der Waals surface area contributed by atoms with Crippen LogP contribution >= 0.6 is 11.3 Å². The molecule has 2 rings (SSSR count). The molecule has 0 aliphatic carbocycles. The summed E-state index contributed by atoms with van der Waals surface area (Å²) in [6.45, 7) is 2.33. The predicted octanol–water partition coefficient (Wildman–Crippen LogP) is 3.52. The molecule has 0 bridgehead atoms. The van der Waals surface area contributed by atoms with Crippen LogP contribution < -0.4 is 10.6 Å². The number of benzene rings is 1. The standard InChI is InChI=1S/C15H18F2N4OS/c1-2-3-4-13-20-21-15(23-13)19-14(22)18-8-7-10-5-6-11(16)9-12(10)17/h5-6,9H,2-4,7-8H2,1H3,(H2,18,19,21,22). The summed E-state index contributed by atoms with van der Waals surface area (Å²) in [6.07, 6.45) is 3.23. The van der Waals surface area contributed by atoms with Crippen LogP contribution in [0.25, 0.3) is 0 Å². The minimum atomic E-state index is -0.618. The van der Waals surface area contributed by atoms with Gasteiger partial charge in [0.25, 0.3) is 0 Å². The van der Waals surface area contributed by atoms with Crippen LogP contribution in [-0.2, 0) is 12.8 Å². The lowest BCUT2D eigenvalue weighted by Crippen LogP contribution is -2.30. The Morgan fingerprint density at radius 2 is 2.09 bits per heavy atom. The van der Waals surface area contributed by atoms with Gasteiger partial charge in [0.1, 0.15) is 16.6 Å². The van der Waals surface area contributed by atoms with Gasteiger partial charge in [-0.25, -0.2) is 13.6 Å². The molecule has 1 aromatic carbocycles. The Bertz CT molecular complexity index is 663. The number of halogens is 2. The first kappa shape index (κ1) is 17.3.